The molecule has 1 atom stereocenters. The van der Waals surface area contributed by atoms with Crippen LogP contribution in [0.1, 0.15) is 60.5 Å². The summed E-state index contributed by atoms with van der Waals surface area (Å²) < 4.78 is 49.1. The zero-order valence-corrected chi connectivity index (χ0v) is 19.0. The lowest BCUT2D eigenvalue weighted by atomic mass is 9.86. The van der Waals surface area contributed by atoms with Gasteiger partial charge in [0.2, 0.25) is 0 Å². The molecule has 1 unspecified atom stereocenters. The summed E-state index contributed by atoms with van der Waals surface area (Å²) in [7, 11) is 0. The molecule has 1 N–H and O–H groups in total. The molecule has 5 nitrogen and oxygen atoms in total. The average molecular weight is 485 g/mol. The average Bonchev–Trinajstić information content (AvgIpc) is 3.60. The number of halogens is 3. The highest BCUT2D eigenvalue weighted by molar-refractivity contribution is 5.94. The van der Waals surface area contributed by atoms with Crippen molar-refractivity contribution in [2.24, 2.45) is 5.92 Å². The van der Waals surface area contributed by atoms with Crippen molar-refractivity contribution in [1.82, 2.24) is 9.47 Å². The minimum atomic E-state index is -4.50. The van der Waals surface area contributed by atoms with E-state index in [2.05, 4.69) is 0 Å². The molecule has 35 heavy (non-hydrogen) atoms. The number of aromatic nitrogens is 1. The largest absolute Gasteiger partial charge is 0.479 e. The molecule has 6 rings (SSSR count). The van der Waals surface area contributed by atoms with Gasteiger partial charge in [-0.1, -0.05) is 24.3 Å². The lowest BCUT2D eigenvalue weighted by molar-refractivity contribution is -0.143. The molecule has 2 aliphatic heterocycles. The Balaban J connectivity index is 0.00000267. The predicted octanol–water partition coefficient (Wildman–Crippen LogP) is 5.71. The summed E-state index contributed by atoms with van der Waals surface area (Å²) in [5, 5.41) is 10.3. The lowest BCUT2D eigenvalue weighted by Crippen LogP contribution is -2.50. The van der Waals surface area contributed by atoms with Gasteiger partial charge in [-0.2, -0.15) is 13.2 Å². The number of hydrogen-bond acceptors (Lipinski definition) is 3. The van der Waals surface area contributed by atoms with Gasteiger partial charge < -0.3 is 19.3 Å². The van der Waals surface area contributed by atoms with E-state index < -0.39 is 23.6 Å². The molecule has 2 aromatic carbocycles. The summed E-state index contributed by atoms with van der Waals surface area (Å²) in [4.78, 5) is 14.9. The molecule has 0 radical (unpaired) electrons. The summed E-state index contributed by atoms with van der Waals surface area (Å²) >= 11 is 0. The number of aliphatic hydroxyl groups is 1. The number of carbonyl (C=O) groups excluding carboxylic acids is 1. The Morgan fingerprint density at radius 2 is 1.71 bits per heavy atom. The van der Waals surface area contributed by atoms with Gasteiger partial charge in [0.05, 0.1) is 17.5 Å². The molecule has 1 aromatic heterocycles. The monoisotopic (exact) mass is 484 g/mol. The maximum atomic E-state index is 13.8. The molecule has 1 aliphatic carbocycles. The van der Waals surface area contributed by atoms with Crippen molar-refractivity contribution >= 4 is 5.91 Å². The molecule has 1 spiro atoms. The first-order chi connectivity index (χ1) is 16.8. The number of benzene rings is 2. The lowest BCUT2D eigenvalue weighted by Gasteiger charge is -2.45. The summed E-state index contributed by atoms with van der Waals surface area (Å²) in [6.45, 7) is 0.722. The fourth-order valence-electron chi connectivity index (χ4n) is 5.38. The molecule has 1 saturated heterocycles. The highest BCUT2D eigenvalue weighted by atomic mass is 19.4. The summed E-state index contributed by atoms with van der Waals surface area (Å²) in [6, 6.07) is 16.4. The van der Waals surface area contributed by atoms with Crippen molar-refractivity contribution in [3.05, 3.63) is 83.2 Å². The quantitative estimate of drug-likeness (QED) is 0.518. The van der Waals surface area contributed by atoms with Crippen LogP contribution >= 0.6 is 0 Å². The molecule has 1 amide bonds. The smallest absolute Gasteiger partial charge is 0.431 e. The molecule has 0 bridgehead atoms. The molecule has 1 saturated carbocycles. The molecule has 3 aliphatic rings. The van der Waals surface area contributed by atoms with Gasteiger partial charge in [0.25, 0.3) is 5.91 Å². The standard InChI is InChI=1S/C27H25F3N2O3.H2/c28-27(29,30)23-12-11-22-26(35-21-4-2-1-3-20(21)32(22)23)13-15-31(16-14-26)25(34)19-9-7-18(8-10-19)24(33)17-5-6-17;/h1-4,7-12,17,24,33H,5-6,13-16H2;1H. The molecular formula is C27H27F3N2O3. The maximum Gasteiger partial charge on any atom is 0.431 e. The Morgan fingerprint density at radius 3 is 2.37 bits per heavy atom. The zero-order chi connectivity index (χ0) is 24.4. The minimum absolute atomic E-state index is 0. The van der Waals surface area contributed by atoms with Crippen LogP contribution in [0.15, 0.2) is 60.7 Å². The number of carbonyl (C=O) groups is 1. The number of likely N-dealkylation sites (tertiary alicyclic amines) is 1. The normalized spacial score (nSPS) is 19.6. The Bertz CT molecular complexity index is 1280. The summed E-state index contributed by atoms with van der Waals surface area (Å²) in [5.74, 6) is 0.591. The Labute approximate surface area is 202 Å². The number of alkyl halides is 3. The van der Waals surface area contributed by atoms with Crippen LogP contribution < -0.4 is 4.74 Å². The Kier molecular flexibility index (Phi) is 5.00. The van der Waals surface area contributed by atoms with E-state index >= 15 is 0 Å². The van der Waals surface area contributed by atoms with Crippen molar-refractivity contribution in [2.75, 3.05) is 13.1 Å². The Hall–Kier alpha value is -3.26. The van der Waals surface area contributed by atoms with E-state index in [1.807, 2.05) is 0 Å². The van der Waals surface area contributed by atoms with Crippen LogP contribution in [0.3, 0.4) is 0 Å². The van der Waals surface area contributed by atoms with Crippen molar-refractivity contribution in [2.45, 2.75) is 43.6 Å². The fourth-order valence-corrected chi connectivity index (χ4v) is 5.38. The molecule has 3 aromatic rings. The third kappa shape index (κ3) is 3.71. The fraction of sp³-hybridized carbons (Fsp3) is 0.370. The van der Waals surface area contributed by atoms with Gasteiger partial charge in [0.1, 0.15) is 11.4 Å². The topological polar surface area (TPSA) is 54.7 Å². The second-order valence-electron chi connectivity index (χ2n) is 9.70. The van der Waals surface area contributed by atoms with Gasteiger partial charge in [-0.05, 0) is 60.7 Å². The number of ether oxygens (including phenoxy) is 1. The van der Waals surface area contributed by atoms with Crippen LogP contribution in [-0.2, 0) is 11.8 Å². The van der Waals surface area contributed by atoms with Crippen LogP contribution in [0.5, 0.6) is 5.75 Å². The van der Waals surface area contributed by atoms with Gasteiger partial charge in [-0.25, -0.2) is 0 Å². The Morgan fingerprint density at radius 1 is 1.03 bits per heavy atom. The van der Waals surface area contributed by atoms with E-state index in [4.69, 9.17) is 4.74 Å². The summed E-state index contributed by atoms with van der Waals surface area (Å²) in [5.41, 5.74) is 0.524. The van der Waals surface area contributed by atoms with Crippen LogP contribution in [0, 0.1) is 5.92 Å². The number of hydrogen-bond donors (Lipinski definition) is 1. The van der Waals surface area contributed by atoms with Crippen LogP contribution in [0.25, 0.3) is 5.69 Å². The first-order valence-electron chi connectivity index (χ1n) is 11.9. The van der Waals surface area contributed by atoms with Crippen LogP contribution in [0.4, 0.5) is 13.2 Å². The van der Waals surface area contributed by atoms with Crippen molar-refractivity contribution < 1.29 is 29.2 Å². The van der Waals surface area contributed by atoms with Crippen molar-refractivity contribution in [3.63, 3.8) is 0 Å². The van der Waals surface area contributed by atoms with Gasteiger partial charge in [-0.15, -0.1) is 0 Å². The van der Waals surface area contributed by atoms with Crippen LogP contribution in [0.2, 0.25) is 0 Å². The van der Waals surface area contributed by atoms with Crippen molar-refractivity contribution in [3.8, 4) is 11.4 Å². The number of piperidine rings is 1. The van der Waals surface area contributed by atoms with Gasteiger partial charge in [0, 0.05) is 32.9 Å². The third-order valence-electron chi connectivity index (χ3n) is 7.48. The summed E-state index contributed by atoms with van der Waals surface area (Å²) in [6.07, 6.45) is -2.17. The van der Waals surface area contributed by atoms with E-state index in [-0.39, 0.29) is 7.33 Å². The SMILES string of the molecule is O=C(c1ccc(C(O)C2CC2)cc1)N1CCC2(CC1)Oc1ccccc1-n1c(C(F)(F)F)ccc12.[HH]. The predicted molar refractivity (Wildman–Crippen MR) is 124 cm³/mol. The zero-order valence-electron chi connectivity index (χ0n) is 19.0. The number of aliphatic hydroxyl groups excluding tert-OH is 1. The number of para-hydroxylation sites is 2. The van der Waals surface area contributed by atoms with Crippen molar-refractivity contribution in [1.29, 1.82) is 0 Å². The van der Waals surface area contributed by atoms with Gasteiger partial charge in [-0.3, -0.25) is 4.79 Å². The highest BCUT2D eigenvalue weighted by Gasteiger charge is 2.48. The molecular weight excluding hydrogens is 457 g/mol. The maximum absolute atomic E-state index is 13.8. The number of amides is 1. The van der Waals surface area contributed by atoms with E-state index in [1.54, 1.807) is 53.4 Å². The van der Waals surface area contributed by atoms with Gasteiger partial charge >= 0.3 is 6.18 Å². The second-order valence-corrected chi connectivity index (χ2v) is 9.70. The highest BCUT2D eigenvalue weighted by Crippen LogP contribution is 2.48. The first-order valence-corrected chi connectivity index (χ1v) is 11.9. The van der Waals surface area contributed by atoms with Gasteiger partial charge in [0.15, 0.2) is 5.60 Å². The first kappa shape index (κ1) is 22.2. The van der Waals surface area contributed by atoms with E-state index in [0.717, 1.165) is 24.5 Å². The number of nitrogens with zero attached hydrogens (tertiary/aromatic N) is 2. The minimum Gasteiger partial charge on any atom is -0.479 e. The second kappa shape index (κ2) is 7.88. The third-order valence-corrected chi connectivity index (χ3v) is 7.48. The van der Waals surface area contributed by atoms with Crippen LogP contribution in [-0.4, -0.2) is 33.6 Å². The molecule has 2 fully saturated rings. The number of fused-ring (bicyclic) bond motifs is 4. The molecule has 3 heterocycles. The van der Waals surface area contributed by atoms with E-state index in [9.17, 15) is 23.1 Å². The molecule has 184 valence electrons. The number of rotatable bonds is 3. The van der Waals surface area contributed by atoms with E-state index in [0.29, 0.717) is 54.5 Å². The van der Waals surface area contributed by atoms with E-state index in [1.165, 1.54) is 10.6 Å². The molecule has 8 heteroatoms.